The Morgan fingerprint density at radius 1 is 1.70 bits per heavy atom. The molecule has 1 aliphatic rings. The van der Waals surface area contributed by atoms with E-state index in [1.807, 2.05) is 5.01 Å². The first-order valence-electron chi connectivity index (χ1n) is 3.24. The van der Waals surface area contributed by atoms with E-state index in [1.54, 1.807) is 6.33 Å². The lowest BCUT2D eigenvalue weighted by Gasteiger charge is -2.11. The van der Waals surface area contributed by atoms with Crippen molar-refractivity contribution < 1.29 is 0 Å². The fourth-order valence-electron chi connectivity index (χ4n) is 0.980. The third-order valence-corrected chi connectivity index (χ3v) is 2.13. The molecule has 2 rings (SSSR count). The van der Waals surface area contributed by atoms with Gasteiger partial charge in [-0.3, -0.25) is 5.01 Å². The molecule has 0 radical (unpaired) electrons. The summed E-state index contributed by atoms with van der Waals surface area (Å²) < 4.78 is 3.92. The van der Waals surface area contributed by atoms with E-state index in [0.717, 1.165) is 18.2 Å². The summed E-state index contributed by atoms with van der Waals surface area (Å²) in [6, 6.07) is 0. The van der Waals surface area contributed by atoms with E-state index < -0.39 is 0 Å². The quantitative estimate of drug-likeness (QED) is 0.633. The topological polar surface area (TPSA) is 41.1 Å². The Labute approximate surface area is 63.0 Å². The van der Waals surface area contributed by atoms with E-state index in [4.69, 9.17) is 0 Å². The van der Waals surface area contributed by atoms with Crippen molar-refractivity contribution in [1.29, 1.82) is 0 Å². The first-order chi connectivity index (χ1) is 4.97. The molecular formula is C5H8N4S. The van der Waals surface area contributed by atoms with Crippen molar-refractivity contribution in [2.45, 2.75) is 6.42 Å². The van der Waals surface area contributed by atoms with Crippen molar-refractivity contribution in [1.82, 2.24) is 14.8 Å². The van der Waals surface area contributed by atoms with E-state index in [2.05, 4.69) is 14.8 Å². The summed E-state index contributed by atoms with van der Waals surface area (Å²) in [6.07, 6.45) is 2.78. The van der Waals surface area contributed by atoms with Crippen molar-refractivity contribution in [2.75, 3.05) is 18.1 Å². The molecule has 10 heavy (non-hydrogen) atoms. The van der Waals surface area contributed by atoms with Gasteiger partial charge in [-0.05, 0) is 6.42 Å². The summed E-state index contributed by atoms with van der Waals surface area (Å²) in [6.45, 7) is 2.11. The van der Waals surface area contributed by atoms with Gasteiger partial charge in [-0.1, -0.05) is 0 Å². The number of aromatic nitrogens is 2. The average molecular weight is 156 g/mol. The second-order valence-electron chi connectivity index (χ2n) is 2.14. The van der Waals surface area contributed by atoms with E-state index in [-0.39, 0.29) is 0 Å². The Hall–Kier alpha value is -0.680. The van der Waals surface area contributed by atoms with Crippen molar-refractivity contribution >= 4 is 16.7 Å². The molecule has 0 aromatic carbocycles. The fourth-order valence-corrected chi connectivity index (χ4v) is 1.52. The van der Waals surface area contributed by atoms with Crippen LogP contribution in [-0.4, -0.2) is 22.4 Å². The Morgan fingerprint density at radius 2 is 2.70 bits per heavy atom. The lowest BCUT2D eigenvalue weighted by Crippen LogP contribution is -2.30. The zero-order chi connectivity index (χ0) is 6.81. The molecule has 0 aliphatic carbocycles. The molecule has 1 saturated heterocycles. The van der Waals surface area contributed by atoms with E-state index in [0.29, 0.717) is 0 Å². The minimum atomic E-state index is 0.970. The molecule has 1 aromatic rings. The van der Waals surface area contributed by atoms with Crippen LogP contribution in [0.25, 0.3) is 0 Å². The van der Waals surface area contributed by atoms with Gasteiger partial charge in [0.15, 0.2) is 0 Å². The number of nitrogens with one attached hydrogen (secondary N) is 1. The molecule has 0 spiro atoms. The van der Waals surface area contributed by atoms with Crippen LogP contribution in [0.4, 0.5) is 5.13 Å². The van der Waals surface area contributed by atoms with Gasteiger partial charge >= 0.3 is 0 Å². The molecule has 1 N–H and O–H groups in total. The van der Waals surface area contributed by atoms with Crippen molar-refractivity contribution in [3.05, 3.63) is 6.33 Å². The molecule has 0 atom stereocenters. The van der Waals surface area contributed by atoms with Crippen molar-refractivity contribution in [3.8, 4) is 0 Å². The summed E-state index contributed by atoms with van der Waals surface area (Å²) in [5, 5.41) is 3.01. The second kappa shape index (κ2) is 2.51. The second-order valence-corrected chi connectivity index (χ2v) is 2.90. The van der Waals surface area contributed by atoms with Gasteiger partial charge in [-0.15, -0.1) is 0 Å². The monoisotopic (exact) mass is 156 g/mol. The van der Waals surface area contributed by atoms with E-state index in [9.17, 15) is 0 Å². The highest BCUT2D eigenvalue weighted by Gasteiger charge is 2.13. The predicted octanol–water partition coefficient (Wildman–Crippen LogP) is 0.253. The molecule has 1 aliphatic heterocycles. The van der Waals surface area contributed by atoms with Crippen LogP contribution in [0, 0.1) is 0 Å². The Balaban J connectivity index is 2.12. The summed E-state index contributed by atoms with van der Waals surface area (Å²) in [7, 11) is 0. The molecule has 0 amide bonds. The number of rotatable bonds is 1. The van der Waals surface area contributed by atoms with E-state index >= 15 is 0 Å². The van der Waals surface area contributed by atoms with Crippen LogP contribution < -0.4 is 10.4 Å². The third kappa shape index (κ3) is 0.975. The van der Waals surface area contributed by atoms with Gasteiger partial charge in [-0.2, -0.15) is 4.37 Å². The largest absolute Gasteiger partial charge is 0.282 e. The lowest BCUT2D eigenvalue weighted by molar-refractivity contribution is 0.783. The zero-order valence-electron chi connectivity index (χ0n) is 5.45. The highest BCUT2D eigenvalue weighted by Crippen LogP contribution is 2.14. The number of anilines is 1. The minimum Gasteiger partial charge on any atom is -0.282 e. The Bertz CT molecular complexity index is 191. The van der Waals surface area contributed by atoms with Crippen molar-refractivity contribution in [3.63, 3.8) is 0 Å². The molecule has 5 heteroatoms. The summed E-state index contributed by atoms with van der Waals surface area (Å²) >= 11 is 1.42. The van der Waals surface area contributed by atoms with E-state index in [1.165, 1.54) is 18.0 Å². The average Bonchev–Trinajstić information content (AvgIpc) is 2.59. The van der Waals surface area contributed by atoms with Gasteiger partial charge in [-0.25, -0.2) is 10.4 Å². The van der Waals surface area contributed by atoms with Gasteiger partial charge in [0.1, 0.15) is 6.33 Å². The predicted molar refractivity (Wildman–Crippen MR) is 39.9 cm³/mol. The first kappa shape index (κ1) is 6.06. The zero-order valence-corrected chi connectivity index (χ0v) is 6.27. The normalized spacial score (nSPS) is 18.2. The molecular weight excluding hydrogens is 148 g/mol. The SMILES string of the molecule is c1nsc(N2CCCN2)n1. The van der Waals surface area contributed by atoms with Gasteiger partial charge < -0.3 is 0 Å². The number of hydrogen-bond acceptors (Lipinski definition) is 5. The first-order valence-corrected chi connectivity index (χ1v) is 4.02. The van der Waals surface area contributed by atoms with Gasteiger partial charge in [0, 0.05) is 24.6 Å². The van der Waals surface area contributed by atoms with Crippen LogP contribution in [0.15, 0.2) is 6.33 Å². The number of hydrogen-bond donors (Lipinski definition) is 1. The maximum atomic E-state index is 4.07. The molecule has 1 fully saturated rings. The molecule has 0 unspecified atom stereocenters. The summed E-state index contributed by atoms with van der Waals surface area (Å²) in [4.78, 5) is 4.07. The van der Waals surface area contributed by atoms with Gasteiger partial charge in [0.05, 0.1) is 0 Å². The van der Waals surface area contributed by atoms with Gasteiger partial charge in [0.2, 0.25) is 5.13 Å². The van der Waals surface area contributed by atoms with Crippen LogP contribution >= 0.6 is 11.5 Å². The standard InChI is InChI=1S/C5H8N4S/c1-2-7-9(3-1)5-6-4-8-10-5/h4,7H,1-3H2. The number of nitrogens with zero attached hydrogens (tertiary/aromatic N) is 3. The smallest absolute Gasteiger partial charge is 0.219 e. The Kier molecular flexibility index (Phi) is 1.52. The number of hydrazine groups is 1. The maximum Gasteiger partial charge on any atom is 0.219 e. The summed E-state index contributed by atoms with van der Waals surface area (Å²) in [5.41, 5.74) is 3.20. The summed E-state index contributed by atoms with van der Waals surface area (Å²) in [5.74, 6) is 0. The fraction of sp³-hybridized carbons (Fsp3) is 0.600. The maximum absolute atomic E-state index is 4.07. The van der Waals surface area contributed by atoms with Crippen LogP contribution in [0.3, 0.4) is 0 Å². The Morgan fingerprint density at radius 3 is 3.30 bits per heavy atom. The molecule has 54 valence electrons. The molecule has 1 aromatic heterocycles. The molecule has 2 heterocycles. The minimum absolute atomic E-state index is 0.970. The molecule has 0 bridgehead atoms. The molecule has 4 nitrogen and oxygen atoms in total. The van der Waals surface area contributed by atoms with Crippen LogP contribution in [0.5, 0.6) is 0 Å². The van der Waals surface area contributed by atoms with Crippen molar-refractivity contribution in [2.24, 2.45) is 0 Å². The lowest BCUT2D eigenvalue weighted by atomic mass is 10.5. The van der Waals surface area contributed by atoms with Crippen LogP contribution in [0.1, 0.15) is 6.42 Å². The van der Waals surface area contributed by atoms with Crippen LogP contribution in [0.2, 0.25) is 0 Å². The highest BCUT2D eigenvalue weighted by molar-refractivity contribution is 7.09. The third-order valence-electron chi connectivity index (χ3n) is 1.44. The molecule has 0 saturated carbocycles. The van der Waals surface area contributed by atoms with Crippen LogP contribution in [-0.2, 0) is 0 Å². The highest BCUT2D eigenvalue weighted by atomic mass is 32.1. The van der Waals surface area contributed by atoms with Gasteiger partial charge in [0.25, 0.3) is 0 Å².